The summed E-state index contributed by atoms with van der Waals surface area (Å²) in [5.41, 5.74) is 2.09. The number of hydrogen-bond acceptors (Lipinski definition) is 5. The number of nitriles is 1. The molecule has 2 aromatic rings. The van der Waals surface area contributed by atoms with Gasteiger partial charge in [-0.3, -0.25) is 0 Å². The van der Waals surface area contributed by atoms with Crippen molar-refractivity contribution in [2.45, 2.75) is 13.0 Å². The third-order valence-corrected chi connectivity index (χ3v) is 3.98. The summed E-state index contributed by atoms with van der Waals surface area (Å²) in [6.07, 6.45) is 3.76. The van der Waals surface area contributed by atoms with Gasteiger partial charge in [0.25, 0.3) is 0 Å². The molecule has 0 fully saturated rings. The second-order valence-electron chi connectivity index (χ2n) is 5.63. The van der Waals surface area contributed by atoms with Gasteiger partial charge >= 0.3 is 5.97 Å². The minimum atomic E-state index is -0.474. The molecule has 5 nitrogen and oxygen atoms in total. The molecule has 0 aromatic heterocycles. The molecule has 1 aliphatic rings. The Morgan fingerprint density at radius 2 is 2.00 bits per heavy atom. The molecular formula is C20H16ClNO4. The SMILES string of the molecule is N#Cc1ccc(/C=C/C(=O)OCc2cc(Cl)c3c(c2)OCCCO3)cc1. The van der Waals surface area contributed by atoms with Gasteiger partial charge in [0.15, 0.2) is 11.5 Å². The Hall–Kier alpha value is -2.97. The number of fused-ring (bicyclic) bond motifs is 1. The maximum Gasteiger partial charge on any atom is 0.331 e. The highest BCUT2D eigenvalue weighted by molar-refractivity contribution is 6.32. The van der Waals surface area contributed by atoms with E-state index in [2.05, 4.69) is 0 Å². The highest BCUT2D eigenvalue weighted by Gasteiger charge is 2.16. The first kappa shape index (κ1) is 17.8. The van der Waals surface area contributed by atoms with Crippen molar-refractivity contribution in [3.63, 3.8) is 0 Å². The molecule has 26 heavy (non-hydrogen) atoms. The van der Waals surface area contributed by atoms with E-state index < -0.39 is 5.97 Å². The maximum atomic E-state index is 11.9. The summed E-state index contributed by atoms with van der Waals surface area (Å²) >= 11 is 6.22. The molecule has 3 rings (SSSR count). The van der Waals surface area contributed by atoms with Gasteiger partial charge in [-0.2, -0.15) is 5.26 Å². The van der Waals surface area contributed by atoms with E-state index in [1.54, 1.807) is 42.5 Å². The molecule has 132 valence electrons. The zero-order valence-electron chi connectivity index (χ0n) is 13.9. The van der Waals surface area contributed by atoms with E-state index in [0.29, 0.717) is 35.3 Å². The third-order valence-electron chi connectivity index (χ3n) is 3.69. The van der Waals surface area contributed by atoms with E-state index in [4.69, 9.17) is 31.1 Å². The molecule has 0 unspecified atom stereocenters. The van der Waals surface area contributed by atoms with Crippen molar-refractivity contribution >= 4 is 23.6 Å². The van der Waals surface area contributed by atoms with Crippen molar-refractivity contribution in [2.24, 2.45) is 0 Å². The number of halogens is 1. The van der Waals surface area contributed by atoms with Crippen LogP contribution in [0.15, 0.2) is 42.5 Å². The number of carbonyl (C=O) groups is 1. The van der Waals surface area contributed by atoms with Gasteiger partial charge in [0.1, 0.15) is 6.61 Å². The summed E-state index contributed by atoms with van der Waals surface area (Å²) in [6, 6.07) is 12.4. The van der Waals surface area contributed by atoms with E-state index in [-0.39, 0.29) is 6.61 Å². The number of nitrogens with zero attached hydrogens (tertiary/aromatic N) is 1. The normalized spacial score (nSPS) is 13.1. The molecule has 2 aromatic carbocycles. The molecule has 1 aliphatic heterocycles. The second-order valence-corrected chi connectivity index (χ2v) is 6.04. The fourth-order valence-electron chi connectivity index (χ4n) is 2.40. The molecule has 6 heteroatoms. The lowest BCUT2D eigenvalue weighted by atomic mass is 10.1. The summed E-state index contributed by atoms with van der Waals surface area (Å²) in [5, 5.41) is 9.20. The first-order valence-corrected chi connectivity index (χ1v) is 8.46. The topological polar surface area (TPSA) is 68.6 Å². The minimum absolute atomic E-state index is 0.0763. The zero-order valence-corrected chi connectivity index (χ0v) is 14.7. The molecular weight excluding hydrogens is 354 g/mol. The van der Waals surface area contributed by atoms with Crippen LogP contribution in [0.2, 0.25) is 5.02 Å². The van der Waals surface area contributed by atoms with Crippen LogP contribution in [0.3, 0.4) is 0 Å². The van der Waals surface area contributed by atoms with Crippen LogP contribution in [0.5, 0.6) is 11.5 Å². The van der Waals surface area contributed by atoms with Crippen LogP contribution in [0.25, 0.3) is 6.08 Å². The molecule has 0 radical (unpaired) electrons. The van der Waals surface area contributed by atoms with Gasteiger partial charge in [-0.1, -0.05) is 23.7 Å². The highest BCUT2D eigenvalue weighted by Crippen LogP contribution is 2.38. The predicted molar refractivity (Wildman–Crippen MR) is 97.0 cm³/mol. The maximum absolute atomic E-state index is 11.9. The largest absolute Gasteiger partial charge is 0.489 e. The van der Waals surface area contributed by atoms with Gasteiger partial charge in [-0.25, -0.2) is 4.79 Å². The summed E-state index contributed by atoms with van der Waals surface area (Å²) in [4.78, 5) is 11.9. The number of hydrogen-bond donors (Lipinski definition) is 0. The van der Waals surface area contributed by atoms with E-state index in [9.17, 15) is 4.79 Å². The Balaban J connectivity index is 1.60. The Kier molecular flexibility index (Phi) is 5.77. The molecule has 0 spiro atoms. The zero-order chi connectivity index (χ0) is 18.4. The standard InChI is InChI=1S/C20H16ClNO4/c21-17-10-16(11-18-20(17)25-9-1-8-24-18)13-26-19(23)7-6-14-2-4-15(12-22)5-3-14/h2-7,10-11H,1,8-9,13H2/b7-6+. The first-order valence-electron chi connectivity index (χ1n) is 8.09. The van der Waals surface area contributed by atoms with Gasteiger partial charge in [0.2, 0.25) is 0 Å². The van der Waals surface area contributed by atoms with Crippen molar-refractivity contribution in [1.29, 1.82) is 5.26 Å². The average molecular weight is 370 g/mol. The molecule has 0 bridgehead atoms. The molecule has 0 saturated heterocycles. The van der Waals surface area contributed by atoms with Crippen molar-refractivity contribution in [3.8, 4) is 17.6 Å². The number of rotatable bonds is 4. The molecule has 0 saturated carbocycles. The summed E-state index contributed by atoms with van der Waals surface area (Å²) in [6.45, 7) is 1.19. The molecule has 0 atom stereocenters. The third kappa shape index (κ3) is 4.56. The first-order chi connectivity index (χ1) is 12.7. The average Bonchev–Trinajstić information content (AvgIpc) is 2.91. The summed E-state index contributed by atoms with van der Waals surface area (Å²) < 4.78 is 16.4. The van der Waals surface area contributed by atoms with E-state index in [1.807, 2.05) is 6.07 Å². The van der Waals surface area contributed by atoms with E-state index in [0.717, 1.165) is 17.5 Å². The van der Waals surface area contributed by atoms with Crippen LogP contribution in [0.4, 0.5) is 0 Å². The highest BCUT2D eigenvalue weighted by atomic mass is 35.5. The Morgan fingerprint density at radius 3 is 2.77 bits per heavy atom. The number of benzene rings is 2. The van der Waals surface area contributed by atoms with Gasteiger partial charge in [-0.15, -0.1) is 0 Å². The second kappa shape index (κ2) is 8.41. The Morgan fingerprint density at radius 1 is 1.23 bits per heavy atom. The fraction of sp³-hybridized carbons (Fsp3) is 0.200. The molecule has 0 amide bonds. The number of carbonyl (C=O) groups excluding carboxylic acids is 1. The van der Waals surface area contributed by atoms with Gasteiger partial charge in [0.05, 0.1) is 29.9 Å². The smallest absolute Gasteiger partial charge is 0.331 e. The monoisotopic (exact) mass is 369 g/mol. The van der Waals surface area contributed by atoms with Crippen LogP contribution in [-0.2, 0) is 16.1 Å². The Labute approximate surface area is 156 Å². The summed E-state index contributed by atoms with van der Waals surface area (Å²) in [5.74, 6) is 0.617. The van der Waals surface area contributed by atoms with Crippen molar-refractivity contribution in [1.82, 2.24) is 0 Å². The van der Waals surface area contributed by atoms with Crippen LogP contribution in [-0.4, -0.2) is 19.2 Å². The lowest BCUT2D eigenvalue weighted by Gasteiger charge is -2.11. The molecule has 0 N–H and O–H groups in total. The van der Waals surface area contributed by atoms with Gasteiger partial charge in [0, 0.05) is 12.5 Å². The van der Waals surface area contributed by atoms with Crippen LogP contribution in [0, 0.1) is 11.3 Å². The predicted octanol–water partition coefficient (Wildman–Crippen LogP) is 4.13. The summed E-state index contributed by atoms with van der Waals surface area (Å²) in [7, 11) is 0. The van der Waals surface area contributed by atoms with E-state index in [1.165, 1.54) is 6.08 Å². The number of ether oxygens (including phenoxy) is 3. The molecule has 1 heterocycles. The number of esters is 1. The molecule has 0 aliphatic carbocycles. The lowest BCUT2D eigenvalue weighted by Crippen LogP contribution is -2.02. The van der Waals surface area contributed by atoms with Gasteiger partial charge < -0.3 is 14.2 Å². The van der Waals surface area contributed by atoms with Crippen molar-refractivity contribution in [2.75, 3.05) is 13.2 Å². The van der Waals surface area contributed by atoms with Crippen LogP contribution < -0.4 is 9.47 Å². The van der Waals surface area contributed by atoms with Gasteiger partial charge in [-0.05, 0) is 41.5 Å². The van der Waals surface area contributed by atoms with Crippen LogP contribution >= 0.6 is 11.6 Å². The lowest BCUT2D eigenvalue weighted by molar-refractivity contribution is -0.138. The quantitative estimate of drug-likeness (QED) is 0.598. The van der Waals surface area contributed by atoms with Crippen molar-refractivity contribution in [3.05, 3.63) is 64.2 Å². The van der Waals surface area contributed by atoms with Crippen LogP contribution in [0.1, 0.15) is 23.1 Å². The minimum Gasteiger partial charge on any atom is -0.489 e. The van der Waals surface area contributed by atoms with Crippen molar-refractivity contribution < 1.29 is 19.0 Å². The fourth-order valence-corrected chi connectivity index (χ4v) is 2.69. The van der Waals surface area contributed by atoms with E-state index >= 15 is 0 Å². The Bertz CT molecular complexity index is 869.